The average Bonchev–Trinajstić information content (AvgIpc) is 2.98. The lowest BCUT2D eigenvalue weighted by molar-refractivity contribution is 0.0319. The van der Waals surface area contributed by atoms with Gasteiger partial charge in [-0.05, 0) is 75.3 Å². The molecule has 3 aromatic rings. The van der Waals surface area contributed by atoms with Crippen molar-refractivity contribution in [2.75, 3.05) is 0 Å². The number of esters is 1. The summed E-state index contributed by atoms with van der Waals surface area (Å²) in [5, 5.41) is 0.800. The van der Waals surface area contributed by atoms with Crippen molar-refractivity contribution in [2.45, 2.75) is 59.0 Å². The summed E-state index contributed by atoms with van der Waals surface area (Å²) in [6, 6.07) is 13.3. The molecule has 1 atom stereocenters. The second-order valence-electron chi connectivity index (χ2n) is 8.20. The highest BCUT2D eigenvalue weighted by Gasteiger charge is 2.26. The largest absolute Gasteiger partial charge is 0.451 e. The van der Waals surface area contributed by atoms with E-state index in [4.69, 9.17) is 9.72 Å². The summed E-state index contributed by atoms with van der Waals surface area (Å²) in [5.74, 6) is -0.618. The summed E-state index contributed by atoms with van der Waals surface area (Å²) < 4.78 is 5.72. The maximum Gasteiger partial charge on any atom is 0.339 e. The van der Waals surface area contributed by atoms with Crippen LogP contribution in [0, 0.1) is 13.8 Å². The van der Waals surface area contributed by atoms with E-state index in [-0.39, 0.29) is 5.78 Å². The molecule has 0 aliphatic heterocycles. The molecule has 4 nitrogen and oxygen atoms in total. The third kappa shape index (κ3) is 3.87. The molecule has 0 fully saturated rings. The minimum absolute atomic E-state index is 0.184. The SMILES string of the molecule is Cc1ccc(C(=O)[C@@H](C)OC(=O)c2c3c(nc4ccccc24)CCCCC3)cc1C. The molecule has 1 aromatic heterocycles. The predicted molar refractivity (Wildman–Crippen MR) is 118 cm³/mol. The lowest BCUT2D eigenvalue weighted by Crippen LogP contribution is -2.25. The first-order valence-electron chi connectivity index (χ1n) is 10.7. The fourth-order valence-electron chi connectivity index (χ4n) is 4.18. The number of hydrogen-bond acceptors (Lipinski definition) is 4. The zero-order chi connectivity index (χ0) is 21.3. The van der Waals surface area contributed by atoms with Crippen molar-refractivity contribution < 1.29 is 14.3 Å². The number of para-hydroxylation sites is 1. The smallest absolute Gasteiger partial charge is 0.339 e. The van der Waals surface area contributed by atoms with Gasteiger partial charge >= 0.3 is 5.97 Å². The van der Waals surface area contributed by atoms with Gasteiger partial charge in [-0.1, -0.05) is 36.8 Å². The molecule has 0 radical (unpaired) electrons. The number of aryl methyl sites for hydroxylation is 3. The minimum atomic E-state index is -0.854. The lowest BCUT2D eigenvalue weighted by atomic mass is 9.97. The Morgan fingerprint density at radius 3 is 2.53 bits per heavy atom. The summed E-state index contributed by atoms with van der Waals surface area (Å²) in [5.41, 5.74) is 6.10. The average molecular weight is 402 g/mol. The molecule has 0 spiro atoms. The molecule has 0 N–H and O–H groups in total. The van der Waals surface area contributed by atoms with E-state index in [0.717, 1.165) is 65.4 Å². The van der Waals surface area contributed by atoms with Crippen LogP contribution in [0.25, 0.3) is 10.9 Å². The Morgan fingerprint density at radius 2 is 1.73 bits per heavy atom. The van der Waals surface area contributed by atoms with Crippen LogP contribution in [-0.4, -0.2) is 22.8 Å². The number of aromatic nitrogens is 1. The monoisotopic (exact) mass is 401 g/mol. The van der Waals surface area contributed by atoms with Crippen LogP contribution in [0.1, 0.15) is 69.3 Å². The highest BCUT2D eigenvalue weighted by atomic mass is 16.5. The highest BCUT2D eigenvalue weighted by Crippen LogP contribution is 2.29. The number of Topliss-reactive ketones (excluding diaryl/α,β-unsaturated/α-hetero) is 1. The quantitative estimate of drug-likeness (QED) is 0.327. The molecule has 30 heavy (non-hydrogen) atoms. The van der Waals surface area contributed by atoms with E-state index < -0.39 is 12.1 Å². The molecular weight excluding hydrogens is 374 g/mol. The van der Waals surface area contributed by atoms with Crippen LogP contribution in [0.2, 0.25) is 0 Å². The zero-order valence-electron chi connectivity index (χ0n) is 17.8. The molecule has 0 bridgehead atoms. The van der Waals surface area contributed by atoms with E-state index in [1.54, 1.807) is 13.0 Å². The van der Waals surface area contributed by atoms with Gasteiger partial charge in [-0.3, -0.25) is 9.78 Å². The van der Waals surface area contributed by atoms with Crippen molar-refractivity contribution in [1.29, 1.82) is 0 Å². The lowest BCUT2D eigenvalue weighted by Gasteiger charge is -2.17. The van der Waals surface area contributed by atoms with Crippen molar-refractivity contribution in [1.82, 2.24) is 4.98 Å². The molecule has 2 aromatic carbocycles. The Bertz CT molecular complexity index is 1130. The van der Waals surface area contributed by atoms with Crippen LogP contribution in [-0.2, 0) is 17.6 Å². The Kier molecular flexibility index (Phi) is 5.67. The number of nitrogens with zero attached hydrogens (tertiary/aromatic N) is 1. The number of fused-ring (bicyclic) bond motifs is 2. The first-order valence-corrected chi connectivity index (χ1v) is 10.7. The number of hydrogen-bond donors (Lipinski definition) is 0. The fourth-order valence-corrected chi connectivity index (χ4v) is 4.18. The number of benzene rings is 2. The number of rotatable bonds is 4. The summed E-state index contributed by atoms with van der Waals surface area (Å²) in [7, 11) is 0. The van der Waals surface area contributed by atoms with E-state index in [0.29, 0.717) is 11.1 Å². The molecule has 4 heteroatoms. The maximum absolute atomic E-state index is 13.3. The van der Waals surface area contributed by atoms with E-state index in [1.165, 1.54) is 0 Å². The second-order valence-corrected chi connectivity index (χ2v) is 8.20. The van der Waals surface area contributed by atoms with Crippen LogP contribution in [0.3, 0.4) is 0 Å². The standard InChI is InChI=1S/C26H27NO3/c1-16-13-14-19(15-17(16)2)25(28)18(3)30-26(29)24-20-9-5-4-6-11-22(20)27-23-12-8-7-10-21(23)24/h7-8,10,12-15,18H,4-6,9,11H2,1-3H3/t18-/m1/s1. The number of ether oxygens (including phenoxy) is 1. The normalized spacial score (nSPS) is 14.6. The van der Waals surface area contributed by atoms with E-state index in [9.17, 15) is 9.59 Å². The van der Waals surface area contributed by atoms with E-state index >= 15 is 0 Å². The number of pyridine rings is 1. The van der Waals surface area contributed by atoms with Crippen molar-refractivity contribution in [3.8, 4) is 0 Å². The number of carbonyl (C=O) groups excluding carboxylic acids is 2. The molecule has 0 unspecified atom stereocenters. The first-order chi connectivity index (χ1) is 14.5. The Labute approximate surface area is 177 Å². The van der Waals surface area contributed by atoms with Gasteiger partial charge in [0, 0.05) is 16.6 Å². The summed E-state index contributed by atoms with van der Waals surface area (Å²) in [6.07, 6.45) is 4.07. The maximum atomic E-state index is 13.3. The summed E-state index contributed by atoms with van der Waals surface area (Å²) in [6.45, 7) is 5.63. The van der Waals surface area contributed by atoms with Gasteiger partial charge < -0.3 is 4.74 Å². The molecule has 0 saturated carbocycles. The zero-order valence-corrected chi connectivity index (χ0v) is 17.8. The third-order valence-electron chi connectivity index (χ3n) is 6.07. The van der Waals surface area contributed by atoms with Crippen molar-refractivity contribution in [3.63, 3.8) is 0 Å². The third-order valence-corrected chi connectivity index (χ3v) is 6.07. The molecular formula is C26H27NO3. The van der Waals surface area contributed by atoms with Crippen LogP contribution in [0.5, 0.6) is 0 Å². The van der Waals surface area contributed by atoms with Gasteiger partial charge in [-0.2, -0.15) is 0 Å². The predicted octanol–water partition coefficient (Wildman–Crippen LogP) is 5.55. The van der Waals surface area contributed by atoms with Gasteiger partial charge in [0.2, 0.25) is 5.78 Å². The molecule has 4 rings (SSSR count). The summed E-state index contributed by atoms with van der Waals surface area (Å²) >= 11 is 0. The molecule has 1 heterocycles. The van der Waals surface area contributed by atoms with Crippen molar-refractivity contribution in [3.05, 3.63) is 76.0 Å². The van der Waals surface area contributed by atoms with Crippen molar-refractivity contribution in [2.24, 2.45) is 0 Å². The van der Waals surface area contributed by atoms with Gasteiger partial charge in [-0.15, -0.1) is 0 Å². The van der Waals surface area contributed by atoms with Gasteiger partial charge in [0.05, 0.1) is 11.1 Å². The van der Waals surface area contributed by atoms with Crippen LogP contribution >= 0.6 is 0 Å². The molecule has 1 aliphatic carbocycles. The Hall–Kier alpha value is -3.01. The number of ketones is 1. The number of carbonyl (C=O) groups is 2. The topological polar surface area (TPSA) is 56.3 Å². The molecule has 0 amide bonds. The van der Waals surface area contributed by atoms with Crippen LogP contribution in [0.4, 0.5) is 0 Å². The molecule has 154 valence electrons. The van der Waals surface area contributed by atoms with Crippen LogP contribution < -0.4 is 0 Å². The first kappa shape index (κ1) is 20.3. The Balaban J connectivity index is 1.68. The summed E-state index contributed by atoms with van der Waals surface area (Å²) in [4.78, 5) is 31.0. The fraction of sp³-hybridized carbons (Fsp3) is 0.346. The minimum Gasteiger partial charge on any atom is -0.451 e. The van der Waals surface area contributed by atoms with E-state index in [1.807, 2.05) is 50.2 Å². The van der Waals surface area contributed by atoms with Gasteiger partial charge in [0.15, 0.2) is 6.10 Å². The van der Waals surface area contributed by atoms with Crippen molar-refractivity contribution >= 4 is 22.7 Å². The van der Waals surface area contributed by atoms with Gasteiger partial charge in [0.25, 0.3) is 0 Å². The Morgan fingerprint density at radius 1 is 0.967 bits per heavy atom. The highest BCUT2D eigenvalue weighted by molar-refractivity contribution is 6.07. The van der Waals surface area contributed by atoms with Gasteiger partial charge in [-0.25, -0.2) is 4.79 Å². The van der Waals surface area contributed by atoms with Crippen LogP contribution in [0.15, 0.2) is 42.5 Å². The molecule has 0 saturated heterocycles. The van der Waals surface area contributed by atoms with E-state index in [2.05, 4.69) is 0 Å². The second kappa shape index (κ2) is 8.39. The van der Waals surface area contributed by atoms with Gasteiger partial charge in [0.1, 0.15) is 0 Å². The molecule has 1 aliphatic rings.